The summed E-state index contributed by atoms with van der Waals surface area (Å²) in [5, 5.41) is 9.53. The van der Waals surface area contributed by atoms with Crippen LogP contribution in [0.4, 0.5) is 0 Å². The van der Waals surface area contributed by atoms with E-state index in [4.69, 9.17) is 4.74 Å². The minimum absolute atomic E-state index is 0.261. The molecule has 98 valence electrons. The Morgan fingerprint density at radius 2 is 1.78 bits per heavy atom. The standard InChI is InChI=1S/C16H23NO/c1-18-4-2-3-15(11-17)16-8-12-5-13(9-16)7-14(6-12)10-16/h3,12-14H,2,4-10H2,1H3/b15-3-. The molecule has 0 atom stereocenters. The lowest BCUT2D eigenvalue weighted by Gasteiger charge is -2.56. The van der Waals surface area contributed by atoms with E-state index >= 15 is 0 Å². The minimum Gasteiger partial charge on any atom is -0.384 e. The van der Waals surface area contributed by atoms with E-state index in [2.05, 4.69) is 12.1 Å². The second-order valence-electron chi connectivity index (χ2n) is 6.71. The molecule has 4 aliphatic rings. The van der Waals surface area contributed by atoms with Gasteiger partial charge in [0.1, 0.15) is 0 Å². The molecule has 2 nitrogen and oxygen atoms in total. The van der Waals surface area contributed by atoms with Gasteiger partial charge in [0.2, 0.25) is 0 Å². The van der Waals surface area contributed by atoms with Crippen LogP contribution in [-0.4, -0.2) is 13.7 Å². The first-order chi connectivity index (χ1) is 8.75. The van der Waals surface area contributed by atoms with Gasteiger partial charge in [0, 0.05) is 24.7 Å². The van der Waals surface area contributed by atoms with Crippen LogP contribution in [0.5, 0.6) is 0 Å². The van der Waals surface area contributed by atoms with Gasteiger partial charge in [0.15, 0.2) is 0 Å². The minimum atomic E-state index is 0.261. The summed E-state index contributed by atoms with van der Waals surface area (Å²) in [6.07, 6.45) is 11.2. The monoisotopic (exact) mass is 245 g/mol. The average Bonchev–Trinajstić information content (AvgIpc) is 2.32. The zero-order valence-electron chi connectivity index (χ0n) is 11.3. The number of nitrogens with zero attached hydrogens (tertiary/aromatic N) is 1. The van der Waals surface area contributed by atoms with Crippen LogP contribution in [0.1, 0.15) is 44.9 Å². The molecule has 0 spiro atoms. The topological polar surface area (TPSA) is 33.0 Å². The summed E-state index contributed by atoms with van der Waals surface area (Å²) in [5.41, 5.74) is 1.34. The highest BCUT2D eigenvalue weighted by molar-refractivity contribution is 5.32. The summed E-state index contributed by atoms with van der Waals surface area (Å²) in [5.74, 6) is 2.74. The zero-order valence-corrected chi connectivity index (χ0v) is 11.3. The second-order valence-corrected chi connectivity index (χ2v) is 6.71. The van der Waals surface area contributed by atoms with Crippen LogP contribution >= 0.6 is 0 Å². The molecule has 0 aromatic carbocycles. The van der Waals surface area contributed by atoms with E-state index in [1.807, 2.05) is 0 Å². The molecule has 0 heterocycles. The number of ether oxygens (including phenoxy) is 1. The van der Waals surface area contributed by atoms with Crippen molar-refractivity contribution < 1.29 is 4.74 Å². The second kappa shape index (κ2) is 4.70. The fraction of sp³-hybridized carbons (Fsp3) is 0.812. The quantitative estimate of drug-likeness (QED) is 0.559. The van der Waals surface area contributed by atoms with E-state index in [1.54, 1.807) is 7.11 Å². The van der Waals surface area contributed by atoms with Crippen LogP contribution in [0.15, 0.2) is 11.6 Å². The first-order valence-corrected chi connectivity index (χ1v) is 7.35. The van der Waals surface area contributed by atoms with Crippen LogP contribution in [0.2, 0.25) is 0 Å². The fourth-order valence-electron chi connectivity index (χ4n) is 5.14. The summed E-state index contributed by atoms with van der Waals surface area (Å²) in [7, 11) is 1.73. The number of methoxy groups -OCH3 is 1. The normalized spacial score (nSPS) is 42.0. The number of hydrogen-bond donors (Lipinski definition) is 0. The van der Waals surface area contributed by atoms with Crippen molar-refractivity contribution in [2.45, 2.75) is 44.9 Å². The fourth-order valence-corrected chi connectivity index (χ4v) is 5.14. The Labute approximate surface area is 110 Å². The molecule has 2 heteroatoms. The van der Waals surface area contributed by atoms with Crippen LogP contribution in [0.25, 0.3) is 0 Å². The average molecular weight is 245 g/mol. The number of nitriles is 1. The third-order valence-electron chi connectivity index (χ3n) is 5.40. The van der Waals surface area contributed by atoms with Gasteiger partial charge in [-0.3, -0.25) is 0 Å². The van der Waals surface area contributed by atoms with Crippen LogP contribution in [-0.2, 0) is 4.74 Å². The summed E-state index contributed by atoms with van der Waals surface area (Å²) in [6.45, 7) is 0.734. The molecule has 0 amide bonds. The van der Waals surface area contributed by atoms with E-state index in [0.717, 1.165) is 36.4 Å². The maximum absolute atomic E-state index is 9.53. The molecular weight excluding hydrogens is 222 g/mol. The molecule has 0 N–H and O–H groups in total. The third-order valence-corrected chi connectivity index (χ3v) is 5.40. The Morgan fingerprint density at radius 3 is 2.22 bits per heavy atom. The van der Waals surface area contributed by atoms with Gasteiger partial charge in [-0.1, -0.05) is 6.08 Å². The van der Waals surface area contributed by atoms with Gasteiger partial charge in [-0.25, -0.2) is 0 Å². The Balaban J connectivity index is 1.81. The Bertz CT molecular complexity index is 355. The smallest absolute Gasteiger partial charge is 0.0949 e. The predicted octanol–water partition coefficient (Wildman–Crippen LogP) is 3.69. The van der Waals surface area contributed by atoms with E-state index in [-0.39, 0.29) is 5.41 Å². The van der Waals surface area contributed by atoms with Crippen molar-refractivity contribution in [3.8, 4) is 6.07 Å². The van der Waals surface area contributed by atoms with Crippen molar-refractivity contribution in [2.75, 3.05) is 13.7 Å². The first-order valence-electron chi connectivity index (χ1n) is 7.35. The molecule has 4 aliphatic carbocycles. The largest absolute Gasteiger partial charge is 0.384 e. The molecule has 4 bridgehead atoms. The van der Waals surface area contributed by atoms with E-state index in [1.165, 1.54) is 38.5 Å². The van der Waals surface area contributed by atoms with E-state index in [0.29, 0.717) is 0 Å². The molecular formula is C16H23NO. The van der Waals surface area contributed by atoms with Gasteiger partial charge in [0.25, 0.3) is 0 Å². The van der Waals surface area contributed by atoms with Gasteiger partial charge in [-0.05, 0) is 62.7 Å². The van der Waals surface area contributed by atoms with Gasteiger partial charge < -0.3 is 4.74 Å². The number of hydrogen-bond acceptors (Lipinski definition) is 2. The maximum atomic E-state index is 9.53. The van der Waals surface area contributed by atoms with Gasteiger partial charge >= 0.3 is 0 Å². The lowest BCUT2D eigenvalue weighted by atomic mass is 9.48. The summed E-state index contributed by atoms with van der Waals surface area (Å²) < 4.78 is 5.10. The van der Waals surface area contributed by atoms with Gasteiger partial charge in [0.05, 0.1) is 6.07 Å². The molecule has 18 heavy (non-hydrogen) atoms. The van der Waals surface area contributed by atoms with Crippen molar-refractivity contribution in [3.63, 3.8) is 0 Å². The molecule has 4 saturated carbocycles. The highest BCUT2D eigenvalue weighted by Gasteiger charge is 2.52. The lowest BCUT2D eigenvalue weighted by molar-refractivity contribution is -0.0282. The van der Waals surface area contributed by atoms with Gasteiger partial charge in [-0.15, -0.1) is 0 Å². The molecule has 0 unspecified atom stereocenters. The van der Waals surface area contributed by atoms with E-state index in [9.17, 15) is 5.26 Å². The Morgan fingerprint density at radius 1 is 1.22 bits per heavy atom. The predicted molar refractivity (Wildman–Crippen MR) is 70.8 cm³/mol. The molecule has 0 saturated heterocycles. The van der Waals surface area contributed by atoms with Crippen molar-refractivity contribution in [2.24, 2.45) is 23.2 Å². The molecule has 0 aliphatic heterocycles. The zero-order chi connectivity index (χ0) is 12.6. The molecule has 0 aromatic heterocycles. The maximum Gasteiger partial charge on any atom is 0.0949 e. The molecule has 0 aromatic rings. The van der Waals surface area contributed by atoms with Crippen molar-refractivity contribution in [3.05, 3.63) is 11.6 Å². The third kappa shape index (κ3) is 1.99. The van der Waals surface area contributed by atoms with Crippen molar-refractivity contribution in [1.29, 1.82) is 5.26 Å². The molecule has 4 rings (SSSR count). The lowest BCUT2D eigenvalue weighted by Crippen LogP contribution is -2.46. The van der Waals surface area contributed by atoms with Crippen LogP contribution in [0.3, 0.4) is 0 Å². The van der Waals surface area contributed by atoms with Crippen LogP contribution in [0, 0.1) is 34.5 Å². The van der Waals surface area contributed by atoms with Crippen molar-refractivity contribution >= 4 is 0 Å². The summed E-state index contributed by atoms with van der Waals surface area (Å²) in [6, 6.07) is 2.52. The highest BCUT2D eigenvalue weighted by atomic mass is 16.5. The SMILES string of the molecule is COCC/C=C(/C#N)C12CC3CC(CC(C3)C1)C2. The van der Waals surface area contributed by atoms with Crippen molar-refractivity contribution in [1.82, 2.24) is 0 Å². The Hall–Kier alpha value is -0.810. The highest BCUT2D eigenvalue weighted by Crippen LogP contribution is 2.62. The van der Waals surface area contributed by atoms with Gasteiger partial charge in [-0.2, -0.15) is 5.26 Å². The Kier molecular flexibility index (Phi) is 3.20. The van der Waals surface area contributed by atoms with E-state index < -0.39 is 0 Å². The summed E-state index contributed by atoms with van der Waals surface area (Å²) in [4.78, 5) is 0. The first kappa shape index (κ1) is 12.2. The molecule has 4 fully saturated rings. The summed E-state index contributed by atoms with van der Waals surface area (Å²) >= 11 is 0. The van der Waals surface area contributed by atoms with Crippen LogP contribution < -0.4 is 0 Å². The number of rotatable bonds is 4. The number of allylic oxidation sites excluding steroid dienone is 1. The molecule has 0 radical (unpaired) electrons.